The Morgan fingerprint density at radius 3 is 2.58 bits per heavy atom. The highest BCUT2D eigenvalue weighted by Gasteiger charge is 2.16. The molecule has 4 aromatic rings. The van der Waals surface area contributed by atoms with Gasteiger partial charge in [-0.3, -0.25) is 4.79 Å². The van der Waals surface area contributed by atoms with Gasteiger partial charge >= 0.3 is 0 Å². The van der Waals surface area contributed by atoms with Gasteiger partial charge in [0, 0.05) is 11.4 Å². The quantitative estimate of drug-likeness (QED) is 0.532. The van der Waals surface area contributed by atoms with Gasteiger partial charge in [-0.2, -0.15) is 0 Å². The molecule has 3 nitrogen and oxygen atoms in total. The normalized spacial score (nSPS) is 12.3. The Labute approximate surface area is 152 Å². The number of benzene rings is 3. The molecule has 1 N–H and O–H groups in total. The molecule has 1 amide bonds. The van der Waals surface area contributed by atoms with E-state index in [4.69, 9.17) is 4.42 Å². The summed E-state index contributed by atoms with van der Waals surface area (Å²) in [4.78, 5) is 12.6. The average Bonchev–Trinajstić information content (AvgIpc) is 3.12. The molecular formula is C23H21NO2. The van der Waals surface area contributed by atoms with E-state index in [1.54, 1.807) is 0 Å². The molecule has 26 heavy (non-hydrogen) atoms. The SMILES string of the molecule is C[C@@H](CCc1ccccc1)NC(=O)c1cc2c(ccc3ccccc32)o1. The second kappa shape index (κ2) is 7.04. The van der Waals surface area contributed by atoms with Gasteiger partial charge in [0.25, 0.3) is 5.91 Å². The number of aryl methyl sites for hydroxylation is 1. The van der Waals surface area contributed by atoms with E-state index >= 15 is 0 Å². The first-order valence-corrected chi connectivity index (χ1v) is 8.97. The molecule has 0 fully saturated rings. The lowest BCUT2D eigenvalue weighted by atomic mass is 10.1. The van der Waals surface area contributed by atoms with Crippen molar-refractivity contribution in [2.45, 2.75) is 25.8 Å². The van der Waals surface area contributed by atoms with Gasteiger partial charge in [-0.25, -0.2) is 0 Å². The smallest absolute Gasteiger partial charge is 0.287 e. The summed E-state index contributed by atoms with van der Waals surface area (Å²) in [6.45, 7) is 2.03. The molecule has 0 radical (unpaired) electrons. The van der Waals surface area contributed by atoms with Crippen LogP contribution in [-0.4, -0.2) is 11.9 Å². The molecule has 1 atom stereocenters. The summed E-state index contributed by atoms with van der Waals surface area (Å²) < 4.78 is 5.79. The van der Waals surface area contributed by atoms with E-state index < -0.39 is 0 Å². The zero-order chi connectivity index (χ0) is 17.9. The summed E-state index contributed by atoms with van der Waals surface area (Å²) in [5.41, 5.74) is 2.02. The van der Waals surface area contributed by atoms with E-state index in [-0.39, 0.29) is 11.9 Å². The molecule has 1 aromatic heterocycles. The van der Waals surface area contributed by atoms with Crippen LogP contribution >= 0.6 is 0 Å². The number of nitrogens with one attached hydrogen (secondary N) is 1. The lowest BCUT2D eigenvalue weighted by Gasteiger charge is -2.12. The zero-order valence-electron chi connectivity index (χ0n) is 14.7. The molecule has 1 heterocycles. The molecule has 0 saturated heterocycles. The van der Waals surface area contributed by atoms with Crippen molar-refractivity contribution in [2.75, 3.05) is 0 Å². The number of amides is 1. The minimum atomic E-state index is -0.161. The van der Waals surface area contributed by atoms with E-state index in [2.05, 4.69) is 29.6 Å². The second-order valence-corrected chi connectivity index (χ2v) is 6.71. The summed E-state index contributed by atoms with van der Waals surface area (Å²) >= 11 is 0. The molecule has 0 saturated carbocycles. The molecule has 0 bridgehead atoms. The molecule has 4 rings (SSSR count). The molecule has 3 aromatic carbocycles. The maximum absolute atomic E-state index is 12.6. The average molecular weight is 343 g/mol. The predicted molar refractivity (Wildman–Crippen MR) is 105 cm³/mol. The fraction of sp³-hybridized carbons (Fsp3) is 0.174. The zero-order valence-corrected chi connectivity index (χ0v) is 14.7. The molecule has 3 heteroatoms. The van der Waals surface area contributed by atoms with Crippen LogP contribution in [0.5, 0.6) is 0 Å². The van der Waals surface area contributed by atoms with E-state index in [0.717, 1.165) is 34.6 Å². The molecule has 130 valence electrons. The second-order valence-electron chi connectivity index (χ2n) is 6.71. The van der Waals surface area contributed by atoms with Crippen molar-refractivity contribution >= 4 is 27.6 Å². The topological polar surface area (TPSA) is 42.2 Å². The van der Waals surface area contributed by atoms with Crippen LogP contribution < -0.4 is 5.32 Å². The monoisotopic (exact) mass is 343 g/mol. The van der Waals surface area contributed by atoms with E-state index in [1.165, 1.54) is 5.56 Å². The van der Waals surface area contributed by atoms with Crippen LogP contribution in [0.15, 0.2) is 77.2 Å². The fourth-order valence-corrected chi connectivity index (χ4v) is 3.30. The van der Waals surface area contributed by atoms with E-state index in [1.807, 2.05) is 55.5 Å². The van der Waals surface area contributed by atoms with Crippen LogP contribution in [0.3, 0.4) is 0 Å². The van der Waals surface area contributed by atoms with Crippen molar-refractivity contribution in [3.63, 3.8) is 0 Å². The minimum absolute atomic E-state index is 0.0765. The third kappa shape index (κ3) is 3.33. The predicted octanol–water partition coefficient (Wildman–Crippen LogP) is 5.34. The third-order valence-corrected chi connectivity index (χ3v) is 4.74. The molecule has 0 aliphatic rings. The largest absolute Gasteiger partial charge is 0.451 e. The van der Waals surface area contributed by atoms with Gasteiger partial charge in [0.1, 0.15) is 5.58 Å². The number of hydrogen-bond acceptors (Lipinski definition) is 2. The lowest BCUT2D eigenvalue weighted by molar-refractivity contribution is 0.0912. The molecular weight excluding hydrogens is 322 g/mol. The molecule has 0 aliphatic carbocycles. The Hall–Kier alpha value is -3.07. The Morgan fingerprint density at radius 2 is 1.73 bits per heavy atom. The van der Waals surface area contributed by atoms with Gasteiger partial charge in [-0.05, 0) is 48.2 Å². The molecule has 0 unspecified atom stereocenters. The number of hydrogen-bond donors (Lipinski definition) is 1. The Balaban J connectivity index is 1.48. The van der Waals surface area contributed by atoms with Crippen molar-refractivity contribution in [1.82, 2.24) is 5.32 Å². The third-order valence-electron chi connectivity index (χ3n) is 4.74. The maximum Gasteiger partial charge on any atom is 0.287 e. The molecule has 0 aliphatic heterocycles. The van der Waals surface area contributed by atoms with Gasteiger partial charge in [0.05, 0.1) is 0 Å². The Kier molecular flexibility index (Phi) is 4.44. The first kappa shape index (κ1) is 16.4. The van der Waals surface area contributed by atoms with Gasteiger partial charge < -0.3 is 9.73 Å². The number of fused-ring (bicyclic) bond motifs is 3. The van der Waals surface area contributed by atoms with E-state index in [9.17, 15) is 4.79 Å². The first-order valence-electron chi connectivity index (χ1n) is 8.97. The van der Waals surface area contributed by atoms with Crippen LogP contribution in [0, 0.1) is 0 Å². The van der Waals surface area contributed by atoms with Gasteiger partial charge in [-0.15, -0.1) is 0 Å². The summed E-state index contributed by atoms with van der Waals surface area (Å²) in [6, 6.07) is 24.3. The maximum atomic E-state index is 12.6. The summed E-state index contributed by atoms with van der Waals surface area (Å²) in [5, 5.41) is 6.26. The summed E-state index contributed by atoms with van der Waals surface area (Å²) in [5.74, 6) is 0.203. The van der Waals surface area contributed by atoms with Crippen molar-refractivity contribution in [2.24, 2.45) is 0 Å². The highest BCUT2D eigenvalue weighted by Crippen LogP contribution is 2.28. The number of furan rings is 1. The van der Waals surface area contributed by atoms with Crippen LogP contribution in [0.25, 0.3) is 21.7 Å². The van der Waals surface area contributed by atoms with Gasteiger partial charge in [0.15, 0.2) is 5.76 Å². The number of rotatable bonds is 5. The Bertz CT molecular complexity index is 1050. The van der Waals surface area contributed by atoms with Crippen molar-refractivity contribution in [1.29, 1.82) is 0 Å². The van der Waals surface area contributed by atoms with Crippen LogP contribution in [0.4, 0.5) is 0 Å². The van der Waals surface area contributed by atoms with Crippen LogP contribution in [0.2, 0.25) is 0 Å². The standard InChI is InChI=1S/C23H21NO2/c1-16(11-12-17-7-3-2-4-8-17)24-23(25)22-15-20-19-10-6-5-9-18(19)13-14-21(20)26-22/h2-10,13-16H,11-12H2,1H3,(H,24,25)/t16-/m0/s1. The minimum Gasteiger partial charge on any atom is -0.451 e. The van der Waals surface area contributed by atoms with Gasteiger partial charge in [-0.1, -0.05) is 60.7 Å². The first-order chi connectivity index (χ1) is 12.7. The Morgan fingerprint density at radius 1 is 0.962 bits per heavy atom. The molecule has 0 spiro atoms. The van der Waals surface area contributed by atoms with Crippen molar-refractivity contribution in [3.05, 3.63) is 84.1 Å². The van der Waals surface area contributed by atoms with Crippen LogP contribution in [0.1, 0.15) is 29.5 Å². The number of carbonyl (C=O) groups is 1. The van der Waals surface area contributed by atoms with Crippen LogP contribution in [-0.2, 0) is 6.42 Å². The summed E-state index contributed by atoms with van der Waals surface area (Å²) in [6.07, 6.45) is 1.83. The fourth-order valence-electron chi connectivity index (χ4n) is 3.30. The number of carbonyl (C=O) groups excluding carboxylic acids is 1. The lowest BCUT2D eigenvalue weighted by Crippen LogP contribution is -2.32. The highest BCUT2D eigenvalue weighted by atomic mass is 16.3. The highest BCUT2D eigenvalue weighted by molar-refractivity contribution is 6.08. The van der Waals surface area contributed by atoms with Gasteiger partial charge in [0.2, 0.25) is 0 Å². The van der Waals surface area contributed by atoms with Crippen molar-refractivity contribution in [3.8, 4) is 0 Å². The summed E-state index contributed by atoms with van der Waals surface area (Å²) in [7, 11) is 0. The van der Waals surface area contributed by atoms with Crippen molar-refractivity contribution < 1.29 is 9.21 Å². The van der Waals surface area contributed by atoms with E-state index in [0.29, 0.717) is 5.76 Å².